The maximum Gasteiger partial charge on any atom is 0.224 e. The van der Waals surface area contributed by atoms with Crippen molar-refractivity contribution >= 4 is 17.5 Å². The van der Waals surface area contributed by atoms with Crippen LogP contribution >= 0.6 is 11.6 Å². The van der Waals surface area contributed by atoms with Gasteiger partial charge in [-0.1, -0.05) is 48.9 Å². The maximum atomic E-state index is 12.3. The van der Waals surface area contributed by atoms with Crippen molar-refractivity contribution in [2.75, 3.05) is 7.11 Å². The van der Waals surface area contributed by atoms with E-state index in [0.717, 1.165) is 28.9 Å². The van der Waals surface area contributed by atoms with E-state index >= 15 is 0 Å². The first-order chi connectivity index (χ1) is 11.0. The normalized spacial score (nSPS) is 11.8. The molecule has 122 valence electrons. The summed E-state index contributed by atoms with van der Waals surface area (Å²) in [5.74, 6) is 0.824. The minimum atomic E-state index is -0.0292. The van der Waals surface area contributed by atoms with Crippen LogP contribution in [0.15, 0.2) is 42.5 Å². The Hall–Kier alpha value is -2.00. The Kier molecular flexibility index (Phi) is 6.05. The van der Waals surface area contributed by atoms with Gasteiger partial charge in [0.1, 0.15) is 5.75 Å². The number of ether oxygens (including phenoxy) is 1. The Morgan fingerprint density at radius 1 is 1.26 bits per heavy atom. The summed E-state index contributed by atoms with van der Waals surface area (Å²) in [6.45, 7) is 4.06. The van der Waals surface area contributed by atoms with E-state index in [0.29, 0.717) is 5.02 Å². The van der Waals surface area contributed by atoms with E-state index in [1.54, 1.807) is 13.2 Å². The van der Waals surface area contributed by atoms with Crippen LogP contribution in [-0.2, 0) is 11.2 Å². The number of aryl methyl sites for hydroxylation is 1. The number of hydrogen-bond donors (Lipinski definition) is 1. The molecule has 0 aliphatic heterocycles. The lowest BCUT2D eigenvalue weighted by Crippen LogP contribution is -2.29. The largest absolute Gasteiger partial charge is 0.496 e. The standard InChI is InChI=1S/C19H22ClNO2/c1-4-17(15-9-10-18(23-3)13(2)11-15)21-19(22)12-14-7-5-6-8-16(14)20/h5-11,17H,4,12H2,1-3H3,(H,21,22). The van der Waals surface area contributed by atoms with Gasteiger partial charge in [-0.25, -0.2) is 0 Å². The number of rotatable bonds is 6. The fourth-order valence-corrected chi connectivity index (χ4v) is 2.80. The van der Waals surface area contributed by atoms with Crippen molar-refractivity contribution in [3.8, 4) is 5.75 Å². The van der Waals surface area contributed by atoms with Crippen LogP contribution in [0.1, 0.15) is 36.1 Å². The van der Waals surface area contributed by atoms with Crippen LogP contribution in [0.5, 0.6) is 5.75 Å². The molecule has 1 atom stereocenters. The molecule has 0 heterocycles. The summed E-state index contributed by atoms with van der Waals surface area (Å²) in [5.41, 5.74) is 2.98. The predicted octanol–water partition coefficient (Wildman–Crippen LogP) is 4.47. The third-order valence-electron chi connectivity index (χ3n) is 3.87. The van der Waals surface area contributed by atoms with Gasteiger partial charge in [-0.05, 0) is 42.2 Å². The molecule has 0 saturated carbocycles. The zero-order valence-electron chi connectivity index (χ0n) is 13.7. The van der Waals surface area contributed by atoms with Gasteiger partial charge in [0.15, 0.2) is 0 Å². The van der Waals surface area contributed by atoms with Gasteiger partial charge < -0.3 is 10.1 Å². The summed E-state index contributed by atoms with van der Waals surface area (Å²) >= 11 is 6.12. The highest BCUT2D eigenvalue weighted by Crippen LogP contribution is 2.24. The van der Waals surface area contributed by atoms with Crippen molar-refractivity contribution in [2.45, 2.75) is 32.7 Å². The average Bonchev–Trinajstić information content (AvgIpc) is 2.54. The number of halogens is 1. The number of carbonyl (C=O) groups is 1. The second-order valence-corrected chi connectivity index (χ2v) is 5.93. The van der Waals surface area contributed by atoms with Gasteiger partial charge in [0.05, 0.1) is 19.6 Å². The molecule has 0 aliphatic rings. The minimum Gasteiger partial charge on any atom is -0.496 e. The van der Waals surface area contributed by atoms with E-state index in [2.05, 4.69) is 18.3 Å². The molecule has 0 saturated heterocycles. The van der Waals surface area contributed by atoms with E-state index in [1.165, 1.54) is 0 Å². The van der Waals surface area contributed by atoms with E-state index in [1.807, 2.05) is 37.3 Å². The summed E-state index contributed by atoms with van der Waals surface area (Å²) in [5, 5.41) is 3.71. The first kappa shape index (κ1) is 17.4. The molecular weight excluding hydrogens is 310 g/mol. The molecule has 0 fully saturated rings. The van der Waals surface area contributed by atoms with Crippen LogP contribution in [0, 0.1) is 6.92 Å². The molecule has 2 rings (SSSR count). The fraction of sp³-hybridized carbons (Fsp3) is 0.316. The maximum absolute atomic E-state index is 12.3. The second kappa shape index (κ2) is 8.02. The summed E-state index contributed by atoms with van der Waals surface area (Å²) in [6, 6.07) is 13.4. The van der Waals surface area contributed by atoms with Gasteiger partial charge in [0, 0.05) is 5.02 Å². The Morgan fingerprint density at radius 2 is 2.00 bits per heavy atom. The van der Waals surface area contributed by atoms with Crippen LogP contribution in [0.4, 0.5) is 0 Å². The van der Waals surface area contributed by atoms with Crippen molar-refractivity contribution < 1.29 is 9.53 Å². The number of nitrogens with one attached hydrogen (secondary N) is 1. The smallest absolute Gasteiger partial charge is 0.224 e. The second-order valence-electron chi connectivity index (χ2n) is 5.53. The lowest BCUT2D eigenvalue weighted by Gasteiger charge is -2.19. The van der Waals surface area contributed by atoms with Crippen molar-refractivity contribution in [1.82, 2.24) is 5.32 Å². The van der Waals surface area contributed by atoms with E-state index < -0.39 is 0 Å². The van der Waals surface area contributed by atoms with Gasteiger partial charge in [-0.2, -0.15) is 0 Å². The first-order valence-corrected chi connectivity index (χ1v) is 8.10. The van der Waals surface area contributed by atoms with Crippen LogP contribution in [0.25, 0.3) is 0 Å². The highest BCUT2D eigenvalue weighted by molar-refractivity contribution is 6.31. The summed E-state index contributed by atoms with van der Waals surface area (Å²) in [6.07, 6.45) is 1.10. The number of methoxy groups -OCH3 is 1. The molecule has 4 heteroatoms. The molecule has 0 aliphatic carbocycles. The fourth-order valence-electron chi connectivity index (χ4n) is 2.60. The van der Waals surface area contributed by atoms with E-state index in [-0.39, 0.29) is 18.4 Å². The van der Waals surface area contributed by atoms with Crippen LogP contribution in [0.2, 0.25) is 5.02 Å². The number of benzene rings is 2. The highest BCUT2D eigenvalue weighted by atomic mass is 35.5. The van der Waals surface area contributed by atoms with Crippen LogP contribution in [0.3, 0.4) is 0 Å². The number of carbonyl (C=O) groups excluding carboxylic acids is 1. The molecule has 1 N–H and O–H groups in total. The van der Waals surface area contributed by atoms with Crippen LogP contribution < -0.4 is 10.1 Å². The third-order valence-corrected chi connectivity index (χ3v) is 4.24. The van der Waals surface area contributed by atoms with E-state index in [4.69, 9.17) is 16.3 Å². The molecule has 0 spiro atoms. The Morgan fingerprint density at radius 3 is 2.61 bits per heavy atom. The van der Waals surface area contributed by atoms with E-state index in [9.17, 15) is 4.79 Å². The molecular formula is C19H22ClNO2. The molecule has 23 heavy (non-hydrogen) atoms. The van der Waals surface area contributed by atoms with Gasteiger partial charge >= 0.3 is 0 Å². The number of amides is 1. The lowest BCUT2D eigenvalue weighted by molar-refractivity contribution is -0.121. The number of hydrogen-bond acceptors (Lipinski definition) is 2. The highest BCUT2D eigenvalue weighted by Gasteiger charge is 2.15. The average molecular weight is 332 g/mol. The van der Waals surface area contributed by atoms with Gasteiger partial charge in [-0.15, -0.1) is 0 Å². The van der Waals surface area contributed by atoms with Crippen molar-refractivity contribution in [1.29, 1.82) is 0 Å². The molecule has 2 aromatic rings. The minimum absolute atomic E-state index is 0.0189. The van der Waals surface area contributed by atoms with Gasteiger partial charge in [0.25, 0.3) is 0 Å². The molecule has 0 radical (unpaired) electrons. The van der Waals surface area contributed by atoms with Crippen molar-refractivity contribution in [3.05, 3.63) is 64.2 Å². The van der Waals surface area contributed by atoms with Crippen LogP contribution in [-0.4, -0.2) is 13.0 Å². The predicted molar refractivity (Wildman–Crippen MR) is 94.1 cm³/mol. The van der Waals surface area contributed by atoms with Gasteiger partial charge in [-0.3, -0.25) is 4.79 Å². The Balaban J connectivity index is 2.08. The lowest BCUT2D eigenvalue weighted by atomic mass is 10.0. The molecule has 1 unspecified atom stereocenters. The third kappa shape index (κ3) is 4.49. The molecule has 1 amide bonds. The Labute approximate surface area is 142 Å². The summed E-state index contributed by atoms with van der Waals surface area (Å²) in [4.78, 5) is 12.3. The SMILES string of the molecule is CCC(NC(=O)Cc1ccccc1Cl)c1ccc(OC)c(C)c1. The summed E-state index contributed by atoms with van der Waals surface area (Å²) < 4.78 is 5.28. The quantitative estimate of drug-likeness (QED) is 0.848. The molecule has 0 aromatic heterocycles. The van der Waals surface area contributed by atoms with Gasteiger partial charge in [0.2, 0.25) is 5.91 Å². The Bertz CT molecular complexity index is 685. The zero-order valence-corrected chi connectivity index (χ0v) is 14.5. The molecule has 2 aromatic carbocycles. The monoisotopic (exact) mass is 331 g/mol. The molecule has 3 nitrogen and oxygen atoms in total. The topological polar surface area (TPSA) is 38.3 Å². The van der Waals surface area contributed by atoms with Crippen molar-refractivity contribution in [3.63, 3.8) is 0 Å². The first-order valence-electron chi connectivity index (χ1n) is 7.72. The summed E-state index contributed by atoms with van der Waals surface area (Å²) in [7, 11) is 1.66. The zero-order chi connectivity index (χ0) is 16.8. The molecule has 0 bridgehead atoms. The van der Waals surface area contributed by atoms with Crippen molar-refractivity contribution in [2.24, 2.45) is 0 Å².